The molecule has 0 spiro atoms. The van der Waals surface area contributed by atoms with Crippen LogP contribution in [0, 0.1) is 5.92 Å². The number of fused-ring (bicyclic) bond motifs is 1. The smallest absolute Gasteiger partial charge is 0.212 e. The van der Waals surface area contributed by atoms with Gasteiger partial charge >= 0.3 is 0 Å². The first kappa shape index (κ1) is 21.5. The topological polar surface area (TPSA) is 120 Å². The van der Waals surface area contributed by atoms with Crippen molar-refractivity contribution in [2.75, 3.05) is 38.0 Å². The van der Waals surface area contributed by atoms with Gasteiger partial charge in [0, 0.05) is 24.5 Å². The van der Waals surface area contributed by atoms with E-state index in [-0.39, 0.29) is 5.75 Å². The maximum absolute atomic E-state index is 12.0. The average Bonchev–Trinajstić information content (AvgIpc) is 2.70. The summed E-state index contributed by atoms with van der Waals surface area (Å²) in [6, 6.07) is 3.75. The molecule has 9 nitrogen and oxygen atoms in total. The number of piperidine rings is 1. The Bertz CT molecular complexity index is 943. The minimum atomic E-state index is -3.32. The van der Waals surface area contributed by atoms with Crippen molar-refractivity contribution in [3.8, 4) is 11.5 Å². The second kappa shape index (κ2) is 9.10. The molecule has 1 aromatic carbocycles. The molecule has 1 saturated heterocycles. The van der Waals surface area contributed by atoms with E-state index >= 15 is 0 Å². The summed E-state index contributed by atoms with van der Waals surface area (Å²) >= 11 is 0. The number of nitrogens with one attached hydrogen (secondary N) is 1. The van der Waals surface area contributed by atoms with Crippen LogP contribution < -0.4 is 24.8 Å². The average molecular weight is 424 g/mol. The van der Waals surface area contributed by atoms with Gasteiger partial charge in [0.15, 0.2) is 11.5 Å². The minimum absolute atomic E-state index is 0.104. The van der Waals surface area contributed by atoms with Crippen LogP contribution in [0.5, 0.6) is 11.5 Å². The molecule has 2 heterocycles. The van der Waals surface area contributed by atoms with E-state index in [1.807, 2.05) is 12.1 Å². The molecule has 1 aliphatic heterocycles. The lowest BCUT2D eigenvalue weighted by Crippen LogP contribution is -2.41. The van der Waals surface area contributed by atoms with Crippen LogP contribution in [-0.4, -0.2) is 57.6 Å². The van der Waals surface area contributed by atoms with E-state index in [9.17, 15) is 8.42 Å². The Hall–Kier alpha value is -2.17. The molecule has 0 amide bonds. The molecule has 0 saturated carbocycles. The zero-order valence-corrected chi connectivity index (χ0v) is 17.9. The number of ether oxygens (including phenoxy) is 2. The first-order chi connectivity index (χ1) is 13.8. The highest BCUT2D eigenvalue weighted by Gasteiger charge is 2.24. The Labute approximate surface area is 171 Å². The van der Waals surface area contributed by atoms with Gasteiger partial charge in [0.25, 0.3) is 0 Å². The van der Waals surface area contributed by atoms with Gasteiger partial charge in [-0.15, -0.1) is 0 Å². The van der Waals surface area contributed by atoms with Crippen LogP contribution in [0.4, 0.5) is 5.82 Å². The molecule has 29 heavy (non-hydrogen) atoms. The van der Waals surface area contributed by atoms with Crippen molar-refractivity contribution in [3.05, 3.63) is 18.5 Å². The van der Waals surface area contributed by atoms with Crippen molar-refractivity contribution in [2.45, 2.75) is 32.4 Å². The molecule has 0 bridgehead atoms. The molecular weight excluding hydrogens is 394 g/mol. The number of hydrogen-bond donors (Lipinski definition) is 2. The summed E-state index contributed by atoms with van der Waals surface area (Å²) in [6.07, 6.45) is 3.44. The number of hydrogen-bond acceptors (Lipinski definition) is 8. The van der Waals surface area contributed by atoms with Crippen LogP contribution in [0.2, 0.25) is 0 Å². The summed E-state index contributed by atoms with van der Waals surface area (Å²) < 4.78 is 37.2. The summed E-state index contributed by atoms with van der Waals surface area (Å²) in [5.74, 6) is 2.59. The molecule has 160 valence electrons. The van der Waals surface area contributed by atoms with Crippen molar-refractivity contribution in [1.29, 1.82) is 0 Å². The quantitative estimate of drug-likeness (QED) is 0.613. The Kier molecular flexibility index (Phi) is 6.76. The molecule has 10 heteroatoms. The highest BCUT2D eigenvalue weighted by Crippen LogP contribution is 2.35. The lowest BCUT2D eigenvalue weighted by Gasteiger charge is -2.33. The number of benzene rings is 1. The summed E-state index contributed by atoms with van der Waals surface area (Å²) in [4.78, 5) is 11.1. The summed E-state index contributed by atoms with van der Waals surface area (Å²) in [5, 5.41) is 0.910. The number of sulfonamides is 1. The van der Waals surface area contributed by atoms with Crippen LogP contribution in [0.25, 0.3) is 10.9 Å². The molecule has 1 unspecified atom stereocenters. The van der Waals surface area contributed by atoms with E-state index in [1.54, 1.807) is 27.5 Å². The molecule has 1 atom stereocenters. The zero-order chi connectivity index (χ0) is 21.0. The lowest BCUT2D eigenvalue weighted by atomic mass is 9.94. The van der Waals surface area contributed by atoms with E-state index in [0.717, 1.165) is 42.7 Å². The fraction of sp³-hybridized carbons (Fsp3) is 0.579. The van der Waals surface area contributed by atoms with Crippen LogP contribution in [0.3, 0.4) is 0 Å². The highest BCUT2D eigenvalue weighted by molar-refractivity contribution is 7.89. The molecule has 3 rings (SSSR count). The fourth-order valence-electron chi connectivity index (χ4n) is 3.72. The van der Waals surface area contributed by atoms with Gasteiger partial charge < -0.3 is 20.1 Å². The van der Waals surface area contributed by atoms with Gasteiger partial charge in [-0.2, -0.15) is 4.72 Å². The molecule has 2 aromatic rings. The van der Waals surface area contributed by atoms with Crippen LogP contribution >= 0.6 is 0 Å². The van der Waals surface area contributed by atoms with Gasteiger partial charge in [-0.25, -0.2) is 18.4 Å². The number of nitrogens with zero attached hydrogens (tertiary/aromatic N) is 3. The normalized spacial score (nSPS) is 16.8. The van der Waals surface area contributed by atoms with Gasteiger partial charge in [0.05, 0.1) is 31.7 Å². The van der Waals surface area contributed by atoms with Crippen molar-refractivity contribution in [2.24, 2.45) is 11.7 Å². The van der Waals surface area contributed by atoms with E-state index in [0.29, 0.717) is 23.8 Å². The minimum Gasteiger partial charge on any atom is -0.493 e. The van der Waals surface area contributed by atoms with Crippen LogP contribution in [0.15, 0.2) is 18.5 Å². The fourth-order valence-corrected chi connectivity index (χ4v) is 5.05. The Morgan fingerprint density at radius 3 is 2.48 bits per heavy atom. The largest absolute Gasteiger partial charge is 0.493 e. The van der Waals surface area contributed by atoms with Crippen LogP contribution in [0.1, 0.15) is 26.2 Å². The van der Waals surface area contributed by atoms with E-state index in [1.165, 1.54) is 0 Å². The number of nitrogens with two attached hydrogens (primary N) is 1. The van der Waals surface area contributed by atoms with Crippen molar-refractivity contribution in [1.82, 2.24) is 14.7 Å². The zero-order valence-electron chi connectivity index (χ0n) is 17.1. The molecular formula is C19H29N5O4S. The first-order valence-corrected chi connectivity index (χ1v) is 11.4. The van der Waals surface area contributed by atoms with Crippen molar-refractivity contribution in [3.63, 3.8) is 0 Å². The van der Waals surface area contributed by atoms with Gasteiger partial charge in [0.2, 0.25) is 10.0 Å². The predicted octanol–water partition coefficient (Wildman–Crippen LogP) is 1.48. The summed E-state index contributed by atoms with van der Waals surface area (Å²) in [6.45, 7) is 3.24. The maximum Gasteiger partial charge on any atom is 0.212 e. The van der Waals surface area contributed by atoms with Crippen molar-refractivity contribution >= 4 is 26.7 Å². The third kappa shape index (κ3) is 5.26. The monoisotopic (exact) mass is 423 g/mol. The van der Waals surface area contributed by atoms with E-state index in [2.05, 4.69) is 19.6 Å². The third-order valence-corrected chi connectivity index (χ3v) is 6.70. The summed E-state index contributed by atoms with van der Waals surface area (Å²) in [5.41, 5.74) is 6.32. The number of rotatable bonds is 8. The molecule has 0 aliphatic carbocycles. The highest BCUT2D eigenvalue weighted by atomic mass is 32.2. The van der Waals surface area contributed by atoms with Gasteiger partial charge in [-0.1, -0.05) is 0 Å². The Balaban J connectivity index is 1.69. The molecule has 0 radical (unpaired) electrons. The second-order valence-electron chi connectivity index (χ2n) is 7.37. The van der Waals surface area contributed by atoms with Crippen LogP contribution in [-0.2, 0) is 10.0 Å². The first-order valence-electron chi connectivity index (χ1n) is 9.70. The number of aromatic nitrogens is 2. The second-order valence-corrected chi connectivity index (χ2v) is 9.24. The number of anilines is 1. The van der Waals surface area contributed by atoms with E-state index < -0.39 is 16.2 Å². The predicted molar refractivity (Wildman–Crippen MR) is 113 cm³/mol. The molecule has 3 N–H and O–H groups in total. The van der Waals surface area contributed by atoms with Crippen molar-refractivity contribution < 1.29 is 17.9 Å². The SMILES string of the molecule is COc1cc2ncnc(N3CCC(CCS(=O)(=O)NC(C)N)CC3)c2cc1OC. The molecule has 1 aliphatic rings. The molecule has 1 aromatic heterocycles. The van der Waals surface area contributed by atoms with Gasteiger partial charge in [-0.3, -0.25) is 0 Å². The molecule has 1 fully saturated rings. The Morgan fingerprint density at radius 1 is 1.21 bits per heavy atom. The number of methoxy groups -OCH3 is 2. The standard InChI is InChI=1S/C19H29N5O4S/c1-13(20)23-29(25,26)9-6-14-4-7-24(8-5-14)19-15-10-17(27-2)18(28-3)11-16(15)21-12-22-19/h10-14,23H,4-9,20H2,1-3H3. The third-order valence-electron chi connectivity index (χ3n) is 5.19. The summed E-state index contributed by atoms with van der Waals surface area (Å²) in [7, 11) is -0.122. The Morgan fingerprint density at radius 2 is 1.86 bits per heavy atom. The van der Waals surface area contributed by atoms with Gasteiger partial charge in [-0.05, 0) is 38.2 Å². The van der Waals surface area contributed by atoms with E-state index in [4.69, 9.17) is 15.2 Å². The maximum atomic E-state index is 12.0. The lowest BCUT2D eigenvalue weighted by molar-refractivity contribution is 0.355. The van der Waals surface area contributed by atoms with Gasteiger partial charge in [0.1, 0.15) is 12.1 Å².